The average molecular weight is 365 g/mol. The van der Waals surface area contributed by atoms with Gasteiger partial charge in [0.25, 0.3) is 5.91 Å². The largest absolute Gasteiger partial charge is 0.457 e. The number of aliphatic imine (C=N–C) groups is 1. The first-order valence-electron chi connectivity index (χ1n) is 8.52. The Bertz CT molecular complexity index is 974. The highest BCUT2D eigenvalue weighted by atomic mass is 16.5. The van der Waals surface area contributed by atoms with Crippen LogP contribution in [0, 0.1) is 0 Å². The molecular weight excluding hydrogens is 342 g/mol. The van der Waals surface area contributed by atoms with Gasteiger partial charge in [0.05, 0.1) is 0 Å². The number of aromatic nitrogens is 1. The normalized spacial score (nSPS) is 11.8. The molecule has 0 radical (unpaired) electrons. The molecule has 7 nitrogen and oxygen atoms in total. The molecule has 0 bridgehead atoms. The zero-order valence-corrected chi connectivity index (χ0v) is 15.6. The van der Waals surface area contributed by atoms with Crippen LogP contribution in [0.3, 0.4) is 0 Å². The molecule has 1 amide bonds. The summed E-state index contributed by atoms with van der Waals surface area (Å²) >= 11 is 0. The second kappa shape index (κ2) is 7.92. The molecule has 3 rings (SSSR count). The second-order valence-corrected chi connectivity index (χ2v) is 6.48. The van der Waals surface area contributed by atoms with Crippen LogP contribution in [0.25, 0.3) is 10.9 Å². The van der Waals surface area contributed by atoms with E-state index in [-0.39, 0.29) is 11.9 Å². The van der Waals surface area contributed by atoms with Crippen molar-refractivity contribution in [2.75, 3.05) is 21.1 Å². The van der Waals surface area contributed by atoms with Crippen LogP contribution in [-0.2, 0) is 6.54 Å². The molecule has 0 aliphatic carbocycles. The molecule has 2 aromatic carbocycles. The van der Waals surface area contributed by atoms with E-state index in [4.69, 9.17) is 10.5 Å². The third-order valence-electron chi connectivity index (χ3n) is 3.98. The first kappa shape index (κ1) is 18.5. The molecule has 0 spiro atoms. The number of carbonyl (C=O) groups is 1. The zero-order valence-electron chi connectivity index (χ0n) is 15.6. The number of H-pyrrole nitrogens is 1. The number of aromatic amines is 1. The molecule has 0 fully saturated rings. The number of nitrogens with one attached hydrogen (secondary N) is 2. The topological polar surface area (TPSA) is 95.7 Å². The maximum Gasteiger partial charge on any atom is 0.274 e. The Morgan fingerprint density at radius 1 is 1.15 bits per heavy atom. The summed E-state index contributed by atoms with van der Waals surface area (Å²) in [5.74, 6) is 1.17. The van der Waals surface area contributed by atoms with Gasteiger partial charge in [-0.15, -0.1) is 0 Å². The van der Waals surface area contributed by atoms with Crippen LogP contribution in [-0.4, -0.2) is 42.9 Å². The minimum Gasteiger partial charge on any atom is -0.457 e. The molecule has 0 aliphatic rings. The smallest absolute Gasteiger partial charge is 0.274 e. The first-order chi connectivity index (χ1) is 12.9. The number of guanidine groups is 1. The van der Waals surface area contributed by atoms with Gasteiger partial charge >= 0.3 is 0 Å². The van der Waals surface area contributed by atoms with E-state index in [1.54, 1.807) is 6.07 Å². The molecule has 140 valence electrons. The lowest BCUT2D eigenvalue weighted by atomic mass is 10.2. The number of amides is 1. The number of benzene rings is 2. The summed E-state index contributed by atoms with van der Waals surface area (Å²) in [6, 6.07) is 15.4. The fourth-order valence-electron chi connectivity index (χ4n) is 2.70. The van der Waals surface area contributed by atoms with E-state index in [2.05, 4.69) is 20.2 Å². The lowest BCUT2D eigenvalue weighted by Gasteiger charge is -2.10. The van der Waals surface area contributed by atoms with Crippen LogP contribution in [0.1, 0.15) is 16.1 Å². The maximum atomic E-state index is 12.1. The number of hydrogen-bond acceptors (Lipinski definition) is 4. The summed E-state index contributed by atoms with van der Waals surface area (Å²) in [5.41, 5.74) is 7.96. The van der Waals surface area contributed by atoms with Crippen molar-refractivity contribution in [1.29, 1.82) is 0 Å². The molecule has 0 unspecified atom stereocenters. The summed E-state index contributed by atoms with van der Waals surface area (Å²) in [6.45, 7) is 0.882. The molecule has 1 heterocycles. The van der Waals surface area contributed by atoms with E-state index in [1.165, 1.54) is 12.6 Å². The van der Waals surface area contributed by atoms with Crippen molar-refractivity contribution in [3.63, 3.8) is 0 Å². The summed E-state index contributed by atoms with van der Waals surface area (Å²) < 4.78 is 5.92. The first-order valence-corrected chi connectivity index (χ1v) is 8.52. The van der Waals surface area contributed by atoms with Crippen molar-refractivity contribution < 1.29 is 9.53 Å². The van der Waals surface area contributed by atoms with Crippen LogP contribution in [0.2, 0.25) is 0 Å². The highest BCUT2D eigenvalue weighted by molar-refractivity contribution is 6.06. The predicted octanol–water partition coefficient (Wildman–Crippen LogP) is 2.70. The number of rotatable bonds is 5. The van der Waals surface area contributed by atoms with E-state index in [0.29, 0.717) is 11.4 Å². The molecule has 0 saturated carbocycles. The van der Waals surface area contributed by atoms with Gasteiger partial charge in [-0.2, -0.15) is 0 Å². The van der Waals surface area contributed by atoms with E-state index in [9.17, 15) is 4.79 Å². The average Bonchev–Trinajstić information content (AvgIpc) is 3.06. The van der Waals surface area contributed by atoms with Crippen LogP contribution in [0.15, 0.2) is 53.5 Å². The third kappa shape index (κ3) is 4.65. The molecule has 27 heavy (non-hydrogen) atoms. The van der Waals surface area contributed by atoms with Crippen molar-refractivity contribution >= 4 is 22.8 Å². The van der Waals surface area contributed by atoms with Crippen LogP contribution < -0.4 is 15.8 Å². The monoisotopic (exact) mass is 365 g/mol. The van der Waals surface area contributed by atoms with E-state index in [0.717, 1.165) is 23.2 Å². The van der Waals surface area contributed by atoms with Crippen LogP contribution in [0.4, 0.5) is 0 Å². The maximum absolute atomic E-state index is 12.1. The molecule has 3 aromatic rings. The van der Waals surface area contributed by atoms with Gasteiger partial charge < -0.3 is 20.4 Å². The molecular formula is C20H23N5O2. The van der Waals surface area contributed by atoms with Crippen LogP contribution in [0.5, 0.6) is 11.5 Å². The fraction of sp³-hybridized carbons (Fsp3) is 0.200. The number of fused-ring (bicyclic) bond motifs is 1. The number of carbonyl (C=O) groups excluding carboxylic acids is 1. The van der Waals surface area contributed by atoms with Crippen molar-refractivity contribution in [2.24, 2.45) is 10.7 Å². The Balaban J connectivity index is 1.75. The second-order valence-electron chi connectivity index (χ2n) is 6.48. The summed E-state index contributed by atoms with van der Waals surface area (Å²) in [4.78, 5) is 21.0. The Hall–Kier alpha value is -3.32. The van der Waals surface area contributed by atoms with Crippen molar-refractivity contribution in [1.82, 2.24) is 15.2 Å². The summed E-state index contributed by atoms with van der Waals surface area (Å²) in [7, 11) is 5.58. The number of nitrogens with two attached hydrogens (primary N) is 1. The lowest BCUT2D eigenvalue weighted by molar-refractivity contribution is 0.0972. The SMILES string of the molecule is CN=C(N)NC(=O)c1cc2ccc(Oc3ccc(CN(C)C)cc3)cc2[nH]1. The summed E-state index contributed by atoms with van der Waals surface area (Å²) in [6.07, 6.45) is 0. The van der Waals surface area contributed by atoms with Gasteiger partial charge in [-0.25, -0.2) is 0 Å². The fourth-order valence-corrected chi connectivity index (χ4v) is 2.70. The number of ether oxygens (including phenoxy) is 1. The van der Waals surface area contributed by atoms with E-state index < -0.39 is 0 Å². The zero-order chi connectivity index (χ0) is 19.4. The molecule has 7 heteroatoms. The van der Waals surface area contributed by atoms with Gasteiger partial charge in [-0.1, -0.05) is 12.1 Å². The number of nitrogens with zero attached hydrogens (tertiary/aromatic N) is 2. The Labute approximate surface area is 157 Å². The van der Waals surface area contributed by atoms with Gasteiger partial charge in [0.2, 0.25) is 0 Å². The Kier molecular flexibility index (Phi) is 5.42. The number of hydrogen-bond donors (Lipinski definition) is 3. The van der Waals surface area contributed by atoms with E-state index >= 15 is 0 Å². The van der Waals surface area contributed by atoms with Crippen molar-refractivity contribution in [3.05, 3.63) is 59.8 Å². The van der Waals surface area contributed by atoms with Crippen molar-refractivity contribution in [2.45, 2.75) is 6.54 Å². The quantitative estimate of drug-likeness (QED) is 0.478. The molecule has 0 aliphatic heterocycles. The van der Waals surface area contributed by atoms with E-state index in [1.807, 2.05) is 56.6 Å². The Morgan fingerprint density at radius 3 is 2.52 bits per heavy atom. The van der Waals surface area contributed by atoms with Crippen molar-refractivity contribution in [3.8, 4) is 11.5 Å². The van der Waals surface area contributed by atoms with Gasteiger partial charge in [0.1, 0.15) is 17.2 Å². The van der Waals surface area contributed by atoms with Gasteiger partial charge in [0.15, 0.2) is 5.96 Å². The van der Waals surface area contributed by atoms with Gasteiger partial charge in [0, 0.05) is 30.6 Å². The molecule has 0 saturated heterocycles. The Morgan fingerprint density at radius 2 is 1.85 bits per heavy atom. The minimum atomic E-state index is -0.340. The minimum absolute atomic E-state index is 0.0698. The lowest BCUT2D eigenvalue weighted by Crippen LogP contribution is -2.36. The standard InChI is InChI=1S/C20H23N5O2/c1-22-20(21)24-19(26)18-10-14-6-9-16(11-17(14)23-18)27-15-7-4-13(5-8-15)12-25(2)3/h4-11,23H,12H2,1-3H3,(H3,21,22,24,26). The highest BCUT2D eigenvalue weighted by Gasteiger charge is 2.11. The highest BCUT2D eigenvalue weighted by Crippen LogP contribution is 2.26. The third-order valence-corrected chi connectivity index (χ3v) is 3.98. The van der Waals surface area contributed by atoms with Gasteiger partial charge in [-0.05, 0) is 50.0 Å². The summed E-state index contributed by atoms with van der Waals surface area (Å²) in [5, 5.41) is 3.41. The van der Waals surface area contributed by atoms with Crippen LogP contribution >= 0.6 is 0 Å². The predicted molar refractivity (Wildman–Crippen MR) is 107 cm³/mol. The van der Waals surface area contributed by atoms with Gasteiger partial charge in [-0.3, -0.25) is 15.1 Å². The molecule has 0 atom stereocenters. The molecule has 4 N–H and O–H groups in total. The molecule has 1 aromatic heterocycles.